The molecule has 0 saturated carbocycles. The SMILES string of the molecule is CCC(=O)N1c2ccccc2-c2nnc(SC)nc2O[C@H]1c1cccc(Cl)c1Cl. The first kappa shape index (κ1) is 19.9. The largest absolute Gasteiger partial charge is 0.447 e. The predicted molar refractivity (Wildman–Crippen MR) is 115 cm³/mol. The highest BCUT2D eigenvalue weighted by Gasteiger charge is 2.36. The minimum atomic E-state index is -0.859. The molecule has 3 aromatic rings. The molecule has 0 N–H and O–H groups in total. The zero-order valence-corrected chi connectivity index (χ0v) is 17.9. The summed E-state index contributed by atoms with van der Waals surface area (Å²) in [6.45, 7) is 1.80. The third kappa shape index (κ3) is 3.54. The smallest absolute Gasteiger partial charge is 0.247 e. The minimum absolute atomic E-state index is 0.135. The van der Waals surface area contributed by atoms with Crippen LogP contribution >= 0.6 is 35.0 Å². The van der Waals surface area contributed by atoms with E-state index >= 15 is 0 Å². The van der Waals surface area contributed by atoms with Crippen molar-refractivity contribution in [2.45, 2.75) is 24.7 Å². The number of carbonyl (C=O) groups is 1. The van der Waals surface area contributed by atoms with E-state index in [2.05, 4.69) is 15.2 Å². The van der Waals surface area contributed by atoms with Gasteiger partial charge in [-0.15, -0.1) is 10.2 Å². The number of nitrogens with zero attached hydrogens (tertiary/aromatic N) is 4. The monoisotopic (exact) mass is 446 g/mol. The average Bonchev–Trinajstić information content (AvgIpc) is 2.89. The number of anilines is 1. The Bertz CT molecular complexity index is 1100. The molecule has 6 nitrogen and oxygen atoms in total. The Kier molecular flexibility index (Phi) is 5.63. The standard InChI is InChI=1S/C20H16Cl2N4O2S/c1-3-15(27)26-14-10-5-4-7-11(14)17-18(23-20(29-2)25-24-17)28-19(26)12-8-6-9-13(21)16(12)22/h4-10,19H,3H2,1-2H3/t19-/m0/s1. The lowest BCUT2D eigenvalue weighted by Crippen LogP contribution is -2.37. The van der Waals surface area contributed by atoms with Crippen LogP contribution in [0.25, 0.3) is 11.3 Å². The zero-order valence-electron chi connectivity index (χ0n) is 15.6. The van der Waals surface area contributed by atoms with Crippen molar-refractivity contribution >= 4 is 46.6 Å². The molecule has 1 atom stereocenters. The van der Waals surface area contributed by atoms with Gasteiger partial charge in [-0.25, -0.2) is 0 Å². The molecule has 1 amide bonds. The van der Waals surface area contributed by atoms with Crippen LogP contribution in [0.5, 0.6) is 5.88 Å². The van der Waals surface area contributed by atoms with E-state index in [9.17, 15) is 4.79 Å². The van der Waals surface area contributed by atoms with Gasteiger partial charge in [-0.05, 0) is 18.4 Å². The van der Waals surface area contributed by atoms with Crippen LogP contribution in [0.4, 0.5) is 5.69 Å². The predicted octanol–water partition coefficient (Wildman–Crippen LogP) is 5.40. The minimum Gasteiger partial charge on any atom is -0.447 e. The number of halogens is 2. The van der Waals surface area contributed by atoms with Crippen LogP contribution in [-0.2, 0) is 4.79 Å². The van der Waals surface area contributed by atoms with Crippen LogP contribution in [0.15, 0.2) is 47.6 Å². The summed E-state index contributed by atoms with van der Waals surface area (Å²) < 4.78 is 6.27. The molecule has 4 rings (SSSR count). The van der Waals surface area contributed by atoms with Gasteiger partial charge in [0.15, 0.2) is 5.69 Å². The Hall–Kier alpha value is -2.35. The molecule has 1 aliphatic rings. The van der Waals surface area contributed by atoms with Gasteiger partial charge in [0.25, 0.3) is 0 Å². The van der Waals surface area contributed by atoms with E-state index in [1.165, 1.54) is 11.8 Å². The maximum atomic E-state index is 13.0. The molecule has 0 radical (unpaired) electrons. The first-order valence-corrected chi connectivity index (χ1v) is 10.8. The maximum Gasteiger partial charge on any atom is 0.247 e. The van der Waals surface area contributed by atoms with Gasteiger partial charge in [0, 0.05) is 17.5 Å². The van der Waals surface area contributed by atoms with Crippen molar-refractivity contribution in [3.8, 4) is 17.1 Å². The number of fused-ring (bicyclic) bond motifs is 3. The van der Waals surface area contributed by atoms with Crippen LogP contribution in [-0.4, -0.2) is 27.3 Å². The summed E-state index contributed by atoms with van der Waals surface area (Å²) in [5.41, 5.74) is 2.38. The van der Waals surface area contributed by atoms with E-state index in [1.54, 1.807) is 30.0 Å². The van der Waals surface area contributed by atoms with Crippen molar-refractivity contribution in [2.75, 3.05) is 11.2 Å². The molecular weight excluding hydrogens is 431 g/mol. The first-order chi connectivity index (χ1) is 14.0. The van der Waals surface area contributed by atoms with Gasteiger partial charge in [-0.2, -0.15) is 4.98 Å². The molecule has 29 heavy (non-hydrogen) atoms. The summed E-state index contributed by atoms with van der Waals surface area (Å²) >= 11 is 14.1. The molecule has 2 heterocycles. The average molecular weight is 447 g/mol. The maximum absolute atomic E-state index is 13.0. The third-order valence-electron chi connectivity index (χ3n) is 4.51. The van der Waals surface area contributed by atoms with E-state index in [0.29, 0.717) is 37.7 Å². The van der Waals surface area contributed by atoms with Crippen molar-refractivity contribution in [3.05, 3.63) is 58.1 Å². The Labute approximate surface area is 182 Å². The number of hydrogen-bond acceptors (Lipinski definition) is 6. The molecule has 0 aliphatic carbocycles. The molecule has 0 unspecified atom stereocenters. The second-order valence-electron chi connectivity index (χ2n) is 6.20. The number of rotatable bonds is 3. The molecule has 0 bridgehead atoms. The van der Waals surface area contributed by atoms with Crippen molar-refractivity contribution in [1.29, 1.82) is 0 Å². The Morgan fingerprint density at radius 1 is 1.17 bits per heavy atom. The van der Waals surface area contributed by atoms with Gasteiger partial charge in [0.05, 0.1) is 15.7 Å². The van der Waals surface area contributed by atoms with E-state index in [1.807, 2.05) is 30.5 Å². The van der Waals surface area contributed by atoms with Crippen LogP contribution in [0.2, 0.25) is 10.0 Å². The van der Waals surface area contributed by atoms with Crippen LogP contribution < -0.4 is 9.64 Å². The zero-order chi connectivity index (χ0) is 20.5. The number of aromatic nitrogens is 3. The topological polar surface area (TPSA) is 68.2 Å². The number of ether oxygens (including phenoxy) is 1. The van der Waals surface area contributed by atoms with Gasteiger partial charge < -0.3 is 4.74 Å². The quantitative estimate of drug-likeness (QED) is 0.501. The highest BCUT2D eigenvalue weighted by molar-refractivity contribution is 7.98. The van der Waals surface area contributed by atoms with Gasteiger partial charge >= 0.3 is 0 Å². The fourth-order valence-electron chi connectivity index (χ4n) is 3.15. The van der Waals surface area contributed by atoms with E-state index in [4.69, 9.17) is 27.9 Å². The summed E-state index contributed by atoms with van der Waals surface area (Å²) in [5.74, 6) is 0.147. The number of hydrogen-bond donors (Lipinski definition) is 0. The Morgan fingerprint density at radius 2 is 1.97 bits per heavy atom. The second kappa shape index (κ2) is 8.18. The fraction of sp³-hybridized carbons (Fsp3) is 0.200. The lowest BCUT2D eigenvalue weighted by molar-refractivity contribution is -0.120. The first-order valence-electron chi connectivity index (χ1n) is 8.85. The molecular formula is C20H16Cl2N4O2S. The number of carbonyl (C=O) groups excluding carboxylic acids is 1. The number of thioether (sulfide) groups is 1. The summed E-state index contributed by atoms with van der Waals surface area (Å²) in [5, 5.41) is 9.63. The van der Waals surface area contributed by atoms with Gasteiger partial charge in [0.2, 0.25) is 23.2 Å². The molecule has 148 valence electrons. The molecule has 0 spiro atoms. The van der Waals surface area contributed by atoms with Crippen molar-refractivity contribution in [3.63, 3.8) is 0 Å². The fourth-order valence-corrected chi connectivity index (χ4v) is 3.85. The summed E-state index contributed by atoms with van der Waals surface area (Å²) in [7, 11) is 0. The molecule has 1 aliphatic heterocycles. The molecule has 2 aromatic carbocycles. The summed E-state index contributed by atoms with van der Waals surface area (Å²) in [6.07, 6.45) is 1.27. The lowest BCUT2D eigenvalue weighted by atomic mass is 10.1. The highest BCUT2D eigenvalue weighted by Crippen LogP contribution is 2.45. The normalized spacial score (nSPS) is 15.2. The van der Waals surface area contributed by atoms with Crippen molar-refractivity contribution < 1.29 is 9.53 Å². The number of para-hydroxylation sites is 1. The van der Waals surface area contributed by atoms with Crippen LogP contribution in [0, 0.1) is 0 Å². The summed E-state index contributed by atoms with van der Waals surface area (Å²) in [6, 6.07) is 12.7. The van der Waals surface area contributed by atoms with E-state index < -0.39 is 6.23 Å². The van der Waals surface area contributed by atoms with Crippen LogP contribution in [0.1, 0.15) is 25.1 Å². The molecule has 1 aromatic heterocycles. The highest BCUT2D eigenvalue weighted by atomic mass is 35.5. The van der Waals surface area contributed by atoms with E-state index in [0.717, 1.165) is 0 Å². The Balaban J connectivity index is 2.01. The second-order valence-corrected chi connectivity index (χ2v) is 7.76. The number of benzene rings is 2. The van der Waals surface area contributed by atoms with Gasteiger partial charge in [0.1, 0.15) is 0 Å². The Morgan fingerprint density at radius 3 is 2.72 bits per heavy atom. The van der Waals surface area contributed by atoms with Gasteiger partial charge in [-0.3, -0.25) is 9.69 Å². The molecule has 0 saturated heterocycles. The molecule has 0 fully saturated rings. The summed E-state index contributed by atoms with van der Waals surface area (Å²) in [4.78, 5) is 19.1. The van der Waals surface area contributed by atoms with Gasteiger partial charge in [-0.1, -0.05) is 72.2 Å². The third-order valence-corrected chi connectivity index (χ3v) is 5.88. The van der Waals surface area contributed by atoms with Crippen molar-refractivity contribution in [1.82, 2.24) is 15.2 Å². The van der Waals surface area contributed by atoms with Crippen molar-refractivity contribution in [2.24, 2.45) is 0 Å². The lowest BCUT2D eigenvalue weighted by Gasteiger charge is -2.31. The van der Waals surface area contributed by atoms with E-state index in [-0.39, 0.29) is 18.2 Å². The van der Waals surface area contributed by atoms with Crippen LogP contribution in [0.3, 0.4) is 0 Å². The molecule has 9 heteroatoms. The number of amides is 1.